The van der Waals surface area contributed by atoms with Crippen LogP contribution in [0.4, 0.5) is 0 Å². The number of furan rings is 1. The molecular formula is C19H18N2O2. The molecule has 0 aliphatic carbocycles. The van der Waals surface area contributed by atoms with Crippen LogP contribution in [0.25, 0.3) is 11.0 Å². The SMILES string of the molecule is CN(Cc1cc2ccccc2o1)CC(O)c1ccc(C#N)cc1. The van der Waals surface area contributed by atoms with E-state index in [0.29, 0.717) is 18.7 Å². The normalized spacial score (nSPS) is 12.4. The smallest absolute Gasteiger partial charge is 0.134 e. The number of likely N-dealkylation sites (N-methyl/N-ethyl adjacent to an activating group) is 1. The second kappa shape index (κ2) is 6.66. The lowest BCUT2D eigenvalue weighted by molar-refractivity contribution is 0.120. The van der Waals surface area contributed by atoms with Crippen molar-refractivity contribution in [2.45, 2.75) is 12.6 Å². The molecule has 1 heterocycles. The summed E-state index contributed by atoms with van der Waals surface area (Å²) in [7, 11) is 1.94. The van der Waals surface area contributed by atoms with Gasteiger partial charge in [-0.2, -0.15) is 5.26 Å². The lowest BCUT2D eigenvalue weighted by Crippen LogP contribution is -2.24. The van der Waals surface area contributed by atoms with E-state index < -0.39 is 6.10 Å². The number of aliphatic hydroxyl groups excluding tert-OH is 1. The maximum Gasteiger partial charge on any atom is 0.134 e. The molecule has 0 radical (unpaired) electrons. The second-order valence-electron chi connectivity index (χ2n) is 5.70. The molecule has 4 heteroatoms. The summed E-state index contributed by atoms with van der Waals surface area (Å²) in [6, 6.07) is 19.0. The van der Waals surface area contributed by atoms with E-state index in [0.717, 1.165) is 22.3 Å². The van der Waals surface area contributed by atoms with Gasteiger partial charge in [-0.3, -0.25) is 4.90 Å². The quantitative estimate of drug-likeness (QED) is 0.784. The zero-order chi connectivity index (χ0) is 16.2. The zero-order valence-electron chi connectivity index (χ0n) is 12.9. The molecule has 0 spiro atoms. The van der Waals surface area contributed by atoms with Crippen LogP contribution in [0, 0.1) is 11.3 Å². The first-order valence-electron chi connectivity index (χ1n) is 7.50. The van der Waals surface area contributed by atoms with Gasteiger partial charge in [-0.25, -0.2) is 0 Å². The van der Waals surface area contributed by atoms with Crippen LogP contribution in [0.5, 0.6) is 0 Å². The highest BCUT2D eigenvalue weighted by molar-refractivity contribution is 5.77. The molecule has 0 fully saturated rings. The summed E-state index contributed by atoms with van der Waals surface area (Å²) < 4.78 is 5.80. The highest BCUT2D eigenvalue weighted by Crippen LogP contribution is 2.21. The molecule has 0 amide bonds. The van der Waals surface area contributed by atoms with Crippen LogP contribution < -0.4 is 0 Å². The van der Waals surface area contributed by atoms with Crippen molar-refractivity contribution < 1.29 is 9.52 Å². The molecule has 1 unspecified atom stereocenters. The van der Waals surface area contributed by atoms with Gasteiger partial charge in [0.05, 0.1) is 24.3 Å². The Bertz CT molecular complexity index is 797. The lowest BCUT2D eigenvalue weighted by atomic mass is 10.1. The predicted molar refractivity (Wildman–Crippen MR) is 88.7 cm³/mol. The third-order valence-corrected chi connectivity index (χ3v) is 3.81. The van der Waals surface area contributed by atoms with Gasteiger partial charge >= 0.3 is 0 Å². The molecule has 0 aliphatic rings. The average molecular weight is 306 g/mol. The summed E-state index contributed by atoms with van der Waals surface area (Å²) in [4.78, 5) is 2.01. The number of nitriles is 1. The Morgan fingerprint density at radius 2 is 1.91 bits per heavy atom. The average Bonchev–Trinajstić information content (AvgIpc) is 2.96. The van der Waals surface area contributed by atoms with Crippen LogP contribution >= 0.6 is 0 Å². The molecule has 2 aromatic carbocycles. The van der Waals surface area contributed by atoms with Crippen molar-refractivity contribution in [1.82, 2.24) is 4.90 Å². The number of rotatable bonds is 5. The molecule has 3 aromatic rings. The van der Waals surface area contributed by atoms with Gasteiger partial charge < -0.3 is 9.52 Å². The Balaban J connectivity index is 1.63. The number of hydrogen-bond donors (Lipinski definition) is 1. The van der Waals surface area contributed by atoms with Crippen LogP contribution in [0.1, 0.15) is 23.0 Å². The molecule has 4 nitrogen and oxygen atoms in total. The van der Waals surface area contributed by atoms with E-state index in [1.54, 1.807) is 24.3 Å². The molecule has 1 atom stereocenters. The minimum atomic E-state index is -0.600. The summed E-state index contributed by atoms with van der Waals surface area (Å²) in [5.41, 5.74) is 2.28. The third-order valence-electron chi connectivity index (χ3n) is 3.81. The monoisotopic (exact) mass is 306 g/mol. The molecule has 3 rings (SSSR count). The minimum Gasteiger partial charge on any atom is -0.460 e. The maximum absolute atomic E-state index is 10.3. The molecule has 1 aromatic heterocycles. The van der Waals surface area contributed by atoms with Crippen molar-refractivity contribution in [3.8, 4) is 6.07 Å². The molecular weight excluding hydrogens is 288 g/mol. The fourth-order valence-electron chi connectivity index (χ4n) is 2.63. The number of fused-ring (bicyclic) bond motifs is 1. The van der Waals surface area contributed by atoms with E-state index in [4.69, 9.17) is 9.68 Å². The number of hydrogen-bond acceptors (Lipinski definition) is 4. The Labute approximate surface area is 135 Å². The number of benzene rings is 2. The van der Waals surface area contributed by atoms with Crippen molar-refractivity contribution >= 4 is 11.0 Å². The second-order valence-corrected chi connectivity index (χ2v) is 5.70. The van der Waals surface area contributed by atoms with Gasteiger partial charge in [-0.05, 0) is 36.9 Å². The van der Waals surface area contributed by atoms with Crippen molar-refractivity contribution in [2.24, 2.45) is 0 Å². The lowest BCUT2D eigenvalue weighted by Gasteiger charge is -2.19. The van der Waals surface area contributed by atoms with E-state index in [2.05, 4.69) is 6.07 Å². The van der Waals surface area contributed by atoms with Crippen molar-refractivity contribution in [3.05, 3.63) is 71.5 Å². The Morgan fingerprint density at radius 3 is 2.61 bits per heavy atom. The Kier molecular flexibility index (Phi) is 4.42. The van der Waals surface area contributed by atoms with Gasteiger partial charge in [-0.1, -0.05) is 30.3 Å². The molecule has 0 saturated carbocycles. The van der Waals surface area contributed by atoms with Gasteiger partial charge in [0.1, 0.15) is 11.3 Å². The van der Waals surface area contributed by atoms with Gasteiger partial charge in [0.15, 0.2) is 0 Å². The van der Waals surface area contributed by atoms with E-state index in [1.807, 2.05) is 42.3 Å². The summed E-state index contributed by atoms with van der Waals surface area (Å²) in [5.74, 6) is 0.876. The fourth-order valence-corrected chi connectivity index (χ4v) is 2.63. The molecule has 23 heavy (non-hydrogen) atoms. The number of aliphatic hydroxyl groups is 1. The highest BCUT2D eigenvalue weighted by atomic mass is 16.3. The Hall–Kier alpha value is -2.61. The van der Waals surface area contributed by atoms with E-state index in [9.17, 15) is 5.11 Å². The summed E-state index contributed by atoms with van der Waals surface area (Å²) in [5, 5.41) is 20.2. The first-order valence-corrected chi connectivity index (χ1v) is 7.50. The standard InChI is InChI=1S/C19H18N2O2/c1-21(12-17-10-16-4-2-3-5-19(16)23-17)13-18(22)15-8-6-14(11-20)7-9-15/h2-10,18,22H,12-13H2,1H3. The number of para-hydroxylation sites is 1. The summed E-state index contributed by atoms with van der Waals surface area (Å²) in [6.45, 7) is 1.12. The Morgan fingerprint density at radius 1 is 1.17 bits per heavy atom. The molecule has 0 bridgehead atoms. The van der Waals surface area contributed by atoms with Crippen LogP contribution in [0.2, 0.25) is 0 Å². The molecule has 0 aliphatic heterocycles. The predicted octanol–water partition coefficient (Wildman–Crippen LogP) is 3.47. The summed E-state index contributed by atoms with van der Waals surface area (Å²) >= 11 is 0. The van der Waals surface area contributed by atoms with Crippen LogP contribution in [0.15, 0.2) is 59.0 Å². The van der Waals surface area contributed by atoms with Crippen LogP contribution in [-0.2, 0) is 6.54 Å². The third kappa shape index (κ3) is 3.59. The van der Waals surface area contributed by atoms with E-state index in [1.165, 1.54) is 0 Å². The highest BCUT2D eigenvalue weighted by Gasteiger charge is 2.13. The van der Waals surface area contributed by atoms with Crippen molar-refractivity contribution in [3.63, 3.8) is 0 Å². The zero-order valence-corrected chi connectivity index (χ0v) is 12.9. The minimum absolute atomic E-state index is 0.489. The van der Waals surface area contributed by atoms with E-state index >= 15 is 0 Å². The van der Waals surface area contributed by atoms with Crippen LogP contribution in [-0.4, -0.2) is 23.6 Å². The number of nitrogens with zero attached hydrogens (tertiary/aromatic N) is 2. The van der Waals surface area contributed by atoms with Gasteiger partial charge in [0.2, 0.25) is 0 Å². The topological polar surface area (TPSA) is 60.4 Å². The molecule has 1 N–H and O–H groups in total. The van der Waals surface area contributed by atoms with Gasteiger partial charge in [-0.15, -0.1) is 0 Å². The largest absolute Gasteiger partial charge is 0.460 e. The molecule has 0 saturated heterocycles. The van der Waals surface area contributed by atoms with Crippen molar-refractivity contribution in [1.29, 1.82) is 5.26 Å². The van der Waals surface area contributed by atoms with Gasteiger partial charge in [0.25, 0.3) is 0 Å². The molecule has 116 valence electrons. The van der Waals surface area contributed by atoms with Gasteiger partial charge in [0, 0.05) is 11.9 Å². The summed E-state index contributed by atoms with van der Waals surface area (Å²) in [6.07, 6.45) is -0.600. The van der Waals surface area contributed by atoms with E-state index in [-0.39, 0.29) is 0 Å². The van der Waals surface area contributed by atoms with Crippen molar-refractivity contribution in [2.75, 3.05) is 13.6 Å². The first-order chi connectivity index (χ1) is 11.2. The fraction of sp³-hybridized carbons (Fsp3) is 0.211. The first kappa shape index (κ1) is 15.3. The maximum atomic E-state index is 10.3. The van der Waals surface area contributed by atoms with Crippen LogP contribution in [0.3, 0.4) is 0 Å².